The van der Waals surface area contributed by atoms with Crippen LogP contribution >= 0.6 is 0 Å². The Bertz CT molecular complexity index is 3210. The van der Waals surface area contributed by atoms with E-state index < -0.39 is 47.0 Å². The third-order valence-corrected chi connectivity index (χ3v) is 11.2. The minimum absolute atomic E-state index is 0.0674. The van der Waals surface area contributed by atoms with E-state index in [0.29, 0.717) is 38.2 Å². The Morgan fingerprint density at radius 3 is 1.09 bits per heavy atom. The Morgan fingerprint density at radius 2 is 0.656 bits per heavy atom. The summed E-state index contributed by atoms with van der Waals surface area (Å²) < 4.78 is 169. The number of aromatic nitrogens is 1. The van der Waals surface area contributed by atoms with Crippen molar-refractivity contribution in [3.05, 3.63) is 186 Å². The molecule has 0 fully saturated rings. The fourth-order valence-corrected chi connectivity index (χ4v) is 8.35. The maximum absolute atomic E-state index is 14.2. The van der Waals surface area contributed by atoms with Crippen molar-refractivity contribution >= 4 is 32.3 Å². The summed E-state index contributed by atoms with van der Waals surface area (Å²) in [5, 5.41) is 3.18. The van der Waals surface area contributed by atoms with Crippen molar-refractivity contribution in [1.29, 1.82) is 0 Å². The molecule has 0 aliphatic heterocycles. The molecule has 9 rings (SSSR count). The second kappa shape index (κ2) is 15.3. The van der Waals surface area contributed by atoms with Gasteiger partial charge in [0, 0.05) is 22.5 Å². The van der Waals surface area contributed by atoms with Crippen LogP contribution in [0.25, 0.3) is 88.1 Å². The van der Waals surface area contributed by atoms with Crippen LogP contribution in [0.3, 0.4) is 0 Å². The van der Waals surface area contributed by atoms with Crippen LogP contribution < -0.4 is 0 Å². The van der Waals surface area contributed by atoms with Crippen LogP contribution in [0.4, 0.5) is 52.7 Å². The van der Waals surface area contributed by atoms with Gasteiger partial charge in [0.15, 0.2) is 0 Å². The van der Waals surface area contributed by atoms with E-state index in [1.165, 1.54) is 24.3 Å². The number of alkyl halides is 12. The van der Waals surface area contributed by atoms with Crippen molar-refractivity contribution in [3.63, 3.8) is 0 Å². The Labute approximate surface area is 355 Å². The number of hydrogen-bond donors (Lipinski definition) is 0. The highest BCUT2D eigenvalue weighted by Gasteiger charge is 2.35. The van der Waals surface area contributed by atoms with E-state index in [-0.39, 0.29) is 44.5 Å². The topological polar surface area (TPSA) is 12.9 Å². The van der Waals surface area contributed by atoms with E-state index in [1.807, 2.05) is 18.2 Å². The van der Waals surface area contributed by atoms with Crippen LogP contribution in [0, 0.1) is 0 Å². The molecule has 0 saturated heterocycles. The molecule has 0 unspecified atom stereocenters. The Hall–Kier alpha value is -7.15. The quantitative estimate of drug-likeness (QED) is 0.124. The molecule has 320 valence electrons. The molecule has 1 aromatic heterocycles. The molecule has 0 aliphatic carbocycles. The normalized spacial score (nSPS) is 12.7. The number of benzene rings is 8. The minimum Gasteiger partial charge on any atom is -0.256 e. The molecule has 0 saturated carbocycles. The number of fused-ring (bicyclic) bond motifs is 3. The monoisotopic (exact) mass is 881 g/mol. The lowest BCUT2D eigenvalue weighted by Crippen LogP contribution is -2.06. The summed E-state index contributed by atoms with van der Waals surface area (Å²) >= 11 is 0. The van der Waals surface area contributed by atoms with Gasteiger partial charge in [-0.2, -0.15) is 52.7 Å². The summed E-state index contributed by atoms with van der Waals surface area (Å²) in [5.74, 6) is 0. The highest BCUT2D eigenvalue weighted by atomic mass is 19.4. The van der Waals surface area contributed by atoms with E-state index in [2.05, 4.69) is 0 Å². The molecule has 0 bridgehead atoms. The molecule has 8 aromatic carbocycles. The van der Waals surface area contributed by atoms with Gasteiger partial charge in [-0.05, 0) is 127 Å². The van der Waals surface area contributed by atoms with Crippen LogP contribution in [0.5, 0.6) is 0 Å². The lowest BCUT2D eigenvalue weighted by atomic mass is 9.76. The molecular formula is C51H27F12N. The molecule has 1 heterocycles. The number of rotatable bonds is 5. The van der Waals surface area contributed by atoms with Gasteiger partial charge in [-0.3, -0.25) is 4.98 Å². The molecule has 0 aliphatic rings. The third-order valence-electron chi connectivity index (χ3n) is 11.2. The second-order valence-electron chi connectivity index (χ2n) is 15.1. The molecule has 0 N–H and O–H groups in total. The molecule has 9 aromatic rings. The lowest BCUT2D eigenvalue weighted by Gasteiger charge is -2.27. The average molecular weight is 882 g/mol. The zero-order valence-electron chi connectivity index (χ0n) is 32.6. The van der Waals surface area contributed by atoms with E-state index in [9.17, 15) is 52.7 Å². The standard InChI is InChI=1S/C51H27F12N/c52-48(53,54)34-17-9-29(10-18-34)41-40-27-33-6-2-3-7-38(33)46(47-39-8-4-1-5-28(39)25-26-64-47)45(40)44(32-15-23-37(24-16-32)51(61,62)63)43(31-13-21-36(22-14-31)50(58,59)60)42(41)30-11-19-35(20-12-30)49(55,56)57/h1-27H. The highest BCUT2D eigenvalue weighted by Crippen LogP contribution is 2.55. The summed E-state index contributed by atoms with van der Waals surface area (Å²) in [7, 11) is 0. The zero-order chi connectivity index (χ0) is 45.3. The summed E-state index contributed by atoms with van der Waals surface area (Å²) in [5.41, 5.74) is -2.34. The summed E-state index contributed by atoms with van der Waals surface area (Å²) in [6.45, 7) is 0. The third kappa shape index (κ3) is 7.58. The predicted molar refractivity (Wildman–Crippen MR) is 224 cm³/mol. The van der Waals surface area contributed by atoms with Gasteiger partial charge in [-0.25, -0.2) is 0 Å². The van der Waals surface area contributed by atoms with Gasteiger partial charge in [0.25, 0.3) is 0 Å². The van der Waals surface area contributed by atoms with E-state index in [4.69, 9.17) is 4.98 Å². The molecule has 64 heavy (non-hydrogen) atoms. The molecular weight excluding hydrogens is 855 g/mol. The predicted octanol–water partition coefficient (Wildman–Crippen LogP) is 17.0. The van der Waals surface area contributed by atoms with Gasteiger partial charge in [0.05, 0.1) is 27.9 Å². The highest BCUT2D eigenvalue weighted by molar-refractivity contribution is 6.27. The zero-order valence-corrected chi connectivity index (χ0v) is 32.6. The molecule has 0 spiro atoms. The lowest BCUT2D eigenvalue weighted by molar-refractivity contribution is -0.138. The van der Waals surface area contributed by atoms with Gasteiger partial charge in [-0.1, -0.05) is 97.1 Å². The minimum atomic E-state index is -4.80. The van der Waals surface area contributed by atoms with Crippen LogP contribution in [-0.2, 0) is 24.7 Å². The van der Waals surface area contributed by atoms with Crippen molar-refractivity contribution < 1.29 is 52.7 Å². The molecule has 0 atom stereocenters. The summed E-state index contributed by atoms with van der Waals surface area (Å²) in [4.78, 5) is 4.85. The number of pyridine rings is 1. The van der Waals surface area contributed by atoms with Crippen LogP contribution in [0.1, 0.15) is 22.3 Å². The SMILES string of the molecule is FC(F)(F)c1ccc(-c2c(-c3ccc(C(F)(F)F)cc3)c(-c3ccc(C(F)(F)F)cc3)c3c(-c4nccc5ccccc45)c4ccccc4cc3c2-c2ccc(C(F)(F)F)cc2)cc1. The van der Waals surface area contributed by atoms with Gasteiger partial charge < -0.3 is 0 Å². The fraction of sp³-hybridized carbons (Fsp3) is 0.0784. The van der Waals surface area contributed by atoms with Gasteiger partial charge >= 0.3 is 24.7 Å². The largest absolute Gasteiger partial charge is 0.416 e. The molecule has 0 radical (unpaired) electrons. The Kier molecular flexibility index (Phi) is 10.1. The van der Waals surface area contributed by atoms with Crippen molar-refractivity contribution in [3.8, 4) is 55.8 Å². The first-order chi connectivity index (χ1) is 30.3. The number of nitrogens with zero attached hydrogens (tertiary/aromatic N) is 1. The van der Waals surface area contributed by atoms with Crippen LogP contribution in [0.15, 0.2) is 164 Å². The Balaban J connectivity index is 1.58. The summed E-state index contributed by atoms with van der Waals surface area (Å²) in [6.07, 6.45) is -17.6. The van der Waals surface area contributed by atoms with Gasteiger partial charge in [0.2, 0.25) is 0 Å². The van der Waals surface area contributed by atoms with Crippen molar-refractivity contribution in [2.24, 2.45) is 0 Å². The maximum Gasteiger partial charge on any atom is 0.416 e. The second-order valence-corrected chi connectivity index (χ2v) is 15.1. The molecule has 13 heteroatoms. The average Bonchev–Trinajstić information content (AvgIpc) is 3.26. The van der Waals surface area contributed by atoms with Crippen LogP contribution in [0.2, 0.25) is 0 Å². The van der Waals surface area contributed by atoms with Gasteiger partial charge in [0.1, 0.15) is 0 Å². The number of halogens is 12. The van der Waals surface area contributed by atoms with Crippen molar-refractivity contribution in [1.82, 2.24) is 4.98 Å². The van der Waals surface area contributed by atoms with Crippen LogP contribution in [-0.4, -0.2) is 4.98 Å². The van der Waals surface area contributed by atoms with E-state index >= 15 is 0 Å². The van der Waals surface area contributed by atoms with Gasteiger partial charge in [-0.15, -0.1) is 0 Å². The first-order valence-electron chi connectivity index (χ1n) is 19.4. The fourth-order valence-electron chi connectivity index (χ4n) is 8.35. The van der Waals surface area contributed by atoms with E-state index in [1.54, 1.807) is 48.7 Å². The first kappa shape index (κ1) is 42.2. The maximum atomic E-state index is 14.2. The van der Waals surface area contributed by atoms with Crippen molar-refractivity contribution in [2.45, 2.75) is 24.7 Å². The Morgan fingerprint density at radius 1 is 0.297 bits per heavy atom. The van der Waals surface area contributed by atoms with Crippen molar-refractivity contribution in [2.75, 3.05) is 0 Å². The summed E-state index contributed by atoms with van der Waals surface area (Å²) in [6, 6.07) is 33.8. The molecule has 1 nitrogen and oxygen atoms in total. The van der Waals surface area contributed by atoms with E-state index in [0.717, 1.165) is 78.2 Å². The first-order valence-corrected chi connectivity index (χ1v) is 19.4. The smallest absolute Gasteiger partial charge is 0.256 e. The molecule has 0 amide bonds. The number of hydrogen-bond acceptors (Lipinski definition) is 1.